The van der Waals surface area contributed by atoms with Crippen molar-refractivity contribution < 1.29 is 38.1 Å². The summed E-state index contributed by atoms with van der Waals surface area (Å²) in [6, 6.07) is 11.8. The molecule has 1 aliphatic rings. The molecule has 0 N–H and O–H groups in total. The minimum absolute atomic E-state index is 0.236. The van der Waals surface area contributed by atoms with Gasteiger partial charge in [0.1, 0.15) is 0 Å². The molecule has 10 heteroatoms. The van der Waals surface area contributed by atoms with Gasteiger partial charge < -0.3 is 18.9 Å². The van der Waals surface area contributed by atoms with Crippen LogP contribution in [0.15, 0.2) is 42.5 Å². The monoisotopic (exact) mass is 536 g/mol. The van der Waals surface area contributed by atoms with Crippen molar-refractivity contribution >= 4 is 47.1 Å². The lowest BCUT2D eigenvalue weighted by atomic mass is 9.59. The molecule has 36 heavy (non-hydrogen) atoms. The van der Waals surface area contributed by atoms with Crippen molar-refractivity contribution in [1.29, 1.82) is 0 Å². The molecule has 2 aromatic rings. The minimum Gasteiger partial charge on any atom is -0.468 e. The van der Waals surface area contributed by atoms with Gasteiger partial charge in [-0.05, 0) is 59.2 Å². The van der Waals surface area contributed by atoms with Crippen molar-refractivity contribution in [1.82, 2.24) is 0 Å². The number of fused-ring (bicyclic) bond motifs is 1. The van der Waals surface area contributed by atoms with E-state index in [1.807, 2.05) is 0 Å². The van der Waals surface area contributed by atoms with E-state index < -0.39 is 53.5 Å². The van der Waals surface area contributed by atoms with Gasteiger partial charge in [0.05, 0.1) is 28.4 Å². The number of carbonyl (C=O) groups is 4. The topological polar surface area (TPSA) is 105 Å². The highest BCUT2D eigenvalue weighted by Gasteiger charge is 2.53. The summed E-state index contributed by atoms with van der Waals surface area (Å²) in [5, 5.41) is 0.846. The highest BCUT2D eigenvalue weighted by Crippen LogP contribution is 2.53. The van der Waals surface area contributed by atoms with Gasteiger partial charge >= 0.3 is 23.9 Å². The van der Waals surface area contributed by atoms with E-state index in [1.54, 1.807) is 42.5 Å². The van der Waals surface area contributed by atoms with Crippen molar-refractivity contribution in [2.45, 2.75) is 18.3 Å². The molecule has 0 bridgehead atoms. The average molecular weight is 537 g/mol. The van der Waals surface area contributed by atoms with E-state index in [1.165, 1.54) is 28.4 Å². The molecule has 0 fully saturated rings. The number of hydrogen-bond acceptors (Lipinski definition) is 8. The molecule has 0 spiro atoms. The number of esters is 4. The molecule has 0 amide bonds. The van der Waals surface area contributed by atoms with Crippen molar-refractivity contribution in [2.75, 3.05) is 28.4 Å². The van der Waals surface area contributed by atoms with Gasteiger partial charge in [0, 0.05) is 16.0 Å². The van der Waals surface area contributed by atoms with Gasteiger partial charge in [-0.1, -0.05) is 41.4 Å². The van der Waals surface area contributed by atoms with Crippen molar-refractivity contribution in [2.24, 2.45) is 17.8 Å². The lowest BCUT2D eigenvalue weighted by Crippen LogP contribution is -2.45. The zero-order valence-electron chi connectivity index (χ0n) is 20.2. The van der Waals surface area contributed by atoms with Gasteiger partial charge in [-0.3, -0.25) is 19.2 Å². The van der Waals surface area contributed by atoms with Crippen LogP contribution in [0.4, 0.5) is 0 Å². The molecule has 0 saturated heterocycles. The summed E-state index contributed by atoms with van der Waals surface area (Å²) >= 11 is 12.5. The van der Waals surface area contributed by atoms with Crippen LogP contribution in [0.5, 0.6) is 0 Å². The quantitative estimate of drug-likeness (QED) is 0.297. The number of hydrogen-bond donors (Lipinski definition) is 0. The van der Waals surface area contributed by atoms with E-state index in [2.05, 4.69) is 0 Å². The first kappa shape index (κ1) is 27.5. The molecular weight excluding hydrogens is 511 g/mol. The second-order valence-electron chi connectivity index (χ2n) is 8.36. The van der Waals surface area contributed by atoms with Crippen molar-refractivity contribution in [3.05, 3.63) is 69.2 Å². The van der Waals surface area contributed by atoms with Gasteiger partial charge in [0.15, 0.2) is 11.8 Å². The second-order valence-corrected chi connectivity index (χ2v) is 9.24. The predicted molar refractivity (Wildman–Crippen MR) is 131 cm³/mol. The first-order valence-electron chi connectivity index (χ1n) is 11.0. The van der Waals surface area contributed by atoms with Crippen LogP contribution >= 0.6 is 23.2 Å². The summed E-state index contributed by atoms with van der Waals surface area (Å²) in [5.41, 5.74) is 1.94. The second kappa shape index (κ2) is 11.8. The molecule has 0 aliphatic heterocycles. The molecule has 3 atom stereocenters. The third-order valence-corrected chi connectivity index (χ3v) is 7.12. The fourth-order valence-corrected chi connectivity index (χ4v) is 5.40. The normalized spacial score (nSPS) is 18.8. The Morgan fingerprint density at radius 2 is 1.19 bits per heavy atom. The third kappa shape index (κ3) is 5.34. The Labute approximate surface area is 218 Å². The van der Waals surface area contributed by atoms with Gasteiger partial charge in [0.2, 0.25) is 0 Å². The van der Waals surface area contributed by atoms with Gasteiger partial charge in [-0.2, -0.15) is 0 Å². The molecule has 0 radical (unpaired) electrons. The molecule has 192 valence electrons. The maximum absolute atomic E-state index is 13.0. The fraction of sp³-hybridized carbons (Fsp3) is 0.385. The van der Waals surface area contributed by atoms with E-state index in [4.69, 9.17) is 42.1 Å². The molecule has 0 aromatic heterocycles. The van der Waals surface area contributed by atoms with E-state index in [0.29, 0.717) is 26.7 Å². The van der Waals surface area contributed by atoms with Crippen LogP contribution in [0.3, 0.4) is 0 Å². The summed E-state index contributed by atoms with van der Waals surface area (Å²) in [6.45, 7) is 0. The van der Waals surface area contributed by atoms with Gasteiger partial charge in [-0.25, -0.2) is 0 Å². The number of methoxy groups -OCH3 is 4. The number of ether oxygens (including phenoxy) is 4. The zero-order valence-corrected chi connectivity index (χ0v) is 21.7. The van der Waals surface area contributed by atoms with Crippen LogP contribution in [0.2, 0.25) is 10.0 Å². The van der Waals surface area contributed by atoms with E-state index in [9.17, 15) is 19.2 Å². The summed E-state index contributed by atoms with van der Waals surface area (Å²) in [7, 11) is 4.69. The SMILES string of the molecule is COC(=O)C(C(=O)OC)C1Cc2ccc(Cl)cc2C(C(C(=O)OC)C(=O)OC)C1c1ccc(Cl)cc1. The molecule has 1 aliphatic carbocycles. The van der Waals surface area contributed by atoms with Crippen molar-refractivity contribution in [3.63, 3.8) is 0 Å². The Balaban J connectivity index is 2.38. The summed E-state index contributed by atoms with van der Waals surface area (Å²) in [5.74, 6) is -8.42. The lowest BCUT2D eigenvalue weighted by molar-refractivity contribution is -0.162. The standard InChI is InChI=1S/C26H26Cl2O8/c1-33-23(29)21(24(30)34-2)18-11-14-7-10-16(28)12-17(14)20(22(25(31)35-3)26(32)36-4)19(18)13-5-8-15(27)9-6-13/h5-10,12,18-22H,11H2,1-4H3. The molecule has 8 nitrogen and oxygen atoms in total. The number of rotatable bonds is 7. The van der Waals surface area contributed by atoms with E-state index >= 15 is 0 Å². The first-order chi connectivity index (χ1) is 17.2. The van der Waals surface area contributed by atoms with Crippen LogP contribution in [0, 0.1) is 17.8 Å². The zero-order chi connectivity index (χ0) is 26.6. The molecule has 3 rings (SSSR count). The molecule has 2 aromatic carbocycles. The van der Waals surface area contributed by atoms with Crippen LogP contribution in [0.1, 0.15) is 28.5 Å². The highest BCUT2D eigenvalue weighted by molar-refractivity contribution is 6.31. The summed E-state index contributed by atoms with van der Waals surface area (Å²) < 4.78 is 19.9. The number of benzene rings is 2. The number of carbonyl (C=O) groups excluding carboxylic acids is 4. The Kier molecular flexibility index (Phi) is 8.98. The van der Waals surface area contributed by atoms with Crippen LogP contribution in [0.25, 0.3) is 0 Å². The maximum atomic E-state index is 13.0. The van der Waals surface area contributed by atoms with E-state index in [0.717, 1.165) is 0 Å². The lowest BCUT2D eigenvalue weighted by Gasteiger charge is -2.43. The maximum Gasteiger partial charge on any atom is 0.320 e. The molecular formula is C26H26Cl2O8. The molecule has 3 unspecified atom stereocenters. The first-order valence-corrected chi connectivity index (χ1v) is 11.8. The number of halogens is 2. The summed E-state index contributed by atoms with van der Waals surface area (Å²) in [6.07, 6.45) is 0.236. The third-order valence-electron chi connectivity index (χ3n) is 6.63. The average Bonchev–Trinajstić information content (AvgIpc) is 2.89. The van der Waals surface area contributed by atoms with Gasteiger partial charge in [0.25, 0.3) is 0 Å². The Morgan fingerprint density at radius 1 is 0.722 bits per heavy atom. The Morgan fingerprint density at radius 3 is 1.69 bits per heavy atom. The molecule has 0 heterocycles. The highest BCUT2D eigenvalue weighted by atomic mass is 35.5. The smallest absolute Gasteiger partial charge is 0.320 e. The molecule has 0 saturated carbocycles. The van der Waals surface area contributed by atoms with Crippen LogP contribution in [-0.2, 0) is 44.5 Å². The van der Waals surface area contributed by atoms with Crippen LogP contribution in [-0.4, -0.2) is 52.3 Å². The van der Waals surface area contributed by atoms with Crippen LogP contribution < -0.4 is 0 Å². The predicted octanol–water partition coefficient (Wildman–Crippen LogP) is 3.96. The summed E-state index contributed by atoms with van der Waals surface area (Å²) in [4.78, 5) is 51.9. The van der Waals surface area contributed by atoms with Crippen molar-refractivity contribution in [3.8, 4) is 0 Å². The Hall–Kier alpha value is -3.10. The van der Waals surface area contributed by atoms with Gasteiger partial charge in [-0.15, -0.1) is 0 Å². The van der Waals surface area contributed by atoms with E-state index in [-0.39, 0.29) is 6.42 Å². The largest absolute Gasteiger partial charge is 0.468 e. The Bertz CT molecular complexity index is 1120. The fourth-order valence-electron chi connectivity index (χ4n) is 5.10. The minimum atomic E-state index is -1.42.